The van der Waals surface area contributed by atoms with Gasteiger partial charge in [0.2, 0.25) is 5.91 Å². The Bertz CT molecular complexity index is 782. The molecule has 2 heterocycles. The molecule has 110 valence electrons. The summed E-state index contributed by atoms with van der Waals surface area (Å²) in [5.41, 5.74) is 1.45. The van der Waals surface area contributed by atoms with Crippen LogP contribution in [-0.4, -0.2) is 26.8 Å². The van der Waals surface area contributed by atoms with E-state index in [2.05, 4.69) is 10.3 Å². The van der Waals surface area contributed by atoms with Crippen LogP contribution in [0.1, 0.15) is 30.3 Å². The summed E-state index contributed by atoms with van der Waals surface area (Å²) in [5.74, 6) is 0.339. The van der Waals surface area contributed by atoms with E-state index in [4.69, 9.17) is 0 Å². The average Bonchev–Trinajstić information content (AvgIpc) is 2.42. The van der Waals surface area contributed by atoms with Gasteiger partial charge in [-0.25, -0.2) is 4.98 Å². The van der Waals surface area contributed by atoms with Gasteiger partial charge >= 0.3 is 0 Å². The predicted molar refractivity (Wildman–Crippen MR) is 77.9 cm³/mol. The van der Waals surface area contributed by atoms with E-state index in [0.29, 0.717) is 29.6 Å². The van der Waals surface area contributed by atoms with Crippen LogP contribution in [0, 0.1) is 13.8 Å². The molecule has 1 aliphatic heterocycles. The summed E-state index contributed by atoms with van der Waals surface area (Å²) in [5, 5.41) is 13.1. The quantitative estimate of drug-likeness (QED) is 0.812. The fourth-order valence-electron chi connectivity index (χ4n) is 2.85. The van der Waals surface area contributed by atoms with E-state index in [-0.39, 0.29) is 11.5 Å². The smallest absolute Gasteiger partial charge is 0.261 e. The summed E-state index contributed by atoms with van der Waals surface area (Å²) in [6, 6.07) is 5.05. The van der Waals surface area contributed by atoms with Crippen molar-refractivity contribution in [2.24, 2.45) is 0 Å². The first kappa shape index (κ1) is 13.8. The number of benzene rings is 1. The maximum Gasteiger partial charge on any atom is 0.261 e. The second kappa shape index (κ2) is 4.96. The van der Waals surface area contributed by atoms with Gasteiger partial charge in [-0.2, -0.15) is 0 Å². The van der Waals surface area contributed by atoms with Gasteiger partial charge in [0.25, 0.3) is 5.56 Å². The van der Waals surface area contributed by atoms with Crippen LogP contribution >= 0.6 is 0 Å². The third-order valence-corrected chi connectivity index (χ3v) is 3.90. The van der Waals surface area contributed by atoms with E-state index < -0.39 is 12.3 Å². The van der Waals surface area contributed by atoms with Crippen LogP contribution in [0.25, 0.3) is 10.9 Å². The Hall–Kier alpha value is -2.21. The molecular weight excluding hydrogens is 270 g/mol. The Labute approximate surface area is 121 Å². The summed E-state index contributed by atoms with van der Waals surface area (Å²) in [6.45, 7) is 3.66. The molecular formula is C15H17N3O3. The number of aliphatic hydroxyl groups excluding tert-OH is 1. The molecule has 3 rings (SSSR count). The van der Waals surface area contributed by atoms with E-state index in [9.17, 15) is 14.7 Å². The van der Waals surface area contributed by atoms with Gasteiger partial charge in [-0.15, -0.1) is 0 Å². The molecule has 1 aromatic carbocycles. The molecule has 6 heteroatoms. The summed E-state index contributed by atoms with van der Waals surface area (Å²) >= 11 is 0. The van der Waals surface area contributed by atoms with E-state index in [0.717, 1.165) is 5.56 Å². The number of hydrogen-bond donors (Lipinski definition) is 2. The molecule has 21 heavy (non-hydrogen) atoms. The fraction of sp³-hybridized carbons (Fsp3) is 0.400. The standard InChI is InChI=1S/C15H17N3O3/c1-8-3-4-11-10(7-8)15(21)18(9(2)16-11)12-5-6-13(19)17-14(12)20/h3-4,7,12,14,20H,5-6H2,1-2H3,(H,17,19). The first-order chi connectivity index (χ1) is 9.97. The number of nitrogens with zero attached hydrogens (tertiary/aromatic N) is 2. The minimum atomic E-state index is -1.06. The highest BCUT2D eigenvalue weighted by Crippen LogP contribution is 2.22. The molecule has 1 aromatic heterocycles. The number of rotatable bonds is 1. The van der Waals surface area contributed by atoms with Crippen molar-refractivity contribution in [3.05, 3.63) is 39.9 Å². The molecule has 0 radical (unpaired) electrons. The number of aliphatic hydroxyl groups is 1. The number of aromatic nitrogens is 2. The third-order valence-electron chi connectivity index (χ3n) is 3.90. The Morgan fingerprint density at radius 3 is 2.81 bits per heavy atom. The third kappa shape index (κ3) is 2.31. The van der Waals surface area contributed by atoms with Crippen LogP contribution in [0.5, 0.6) is 0 Å². The molecule has 1 aliphatic rings. The van der Waals surface area contributed by atoms with Gasteiger partial charge in [-0.1, -0.05) is 11.6 Å². The van der Waals surface area contributed by atoms with Gasteiger partial charge in [-0.3, -0.25) is 14.2 Å². The van der Waals surface area contributed by atoms with Crippen molar-refractivity contribution in [3.8, 4) is 0 Å². The number of carbonyl (C=O) groups is 1. The zero-order valence-electron chi connectivity index (χ0n) is 12.0. The number of fused-ring (bicyclic) bond motifs is 1. The van der Waals surface area contributed by atoms with Crippen LogP contribution in [0.3, 0.4) is 0 Å². The second-order valence-corrected chi connectivity index (χ2v) is 5.47. The van der Waals surface area contributed by atoms with E-state index in [1.807, 2.05) is 19.1 Å². The number of nitrogens with one attached hydrogen (secondary N) is 1. The van der Waals surface area contributed by atoms with Crippen LogP contribution in [0.15, 0.2) is 23.0 Å². The van der Waals surface area contributed by atoms with E-state index >= 15 is 0 Å². The molecule has 1 saturated heterocycles. The summed E-state index contributed by atoms with van der Waals surface area (Å²) in [6.07, 6.45) is -0.349. The van der Waals surface area contributed by atoms with Crippen LogP contribution < -0.4 is 10.9 Å². The summed E-state index contributed by atoms with van der Waals surface area (Å²) in [4.78, 5) is 28.5. The van der Waals surface area contributed by atoms with Gasteiger partial charge in [0, 0.05) is 6.42 Å². The van der Waals surface area contributed by atoms with Crippen LogP contribution in [-0.2, 0) is 4.79 Å². The topological polar surface area (TPSA) is 84.2 Å². The summed E-state index contributed by atoms with van der Waals surface area (Å²) < 4.78 is 1.49. The van der Waals surface area contributed by atoms with Crippen LogP contribution in [0.4, 0.5) is 0 Å². The molecule has 0 saturated carbocycles. The van der Waals surface area contributed by atoms with Crippen molar-refractivity contribution in [3.63, 3.8) is 0 Å². The minimum absolute atomic E-state index is 0.179. The second-order valence-electron chi connectivity index (χ2n) is 5.47. The van der Waals surface area contributed by atoms with Crippen LogP contribution in [0.2, 0.25) is 0 Å². The number of hydrogen-bond acceptors (Lipinski definition) is 4. The molecule has 2 atom stereocenters. The number of carbonyl (C=O) groups excluding carboxylic acids is 1. The highest BCUT2D eigenvalue weighted by Gasteiger charge is 2.30. The van der Waals surface area contributed by atoms with Crippen molar-refractivity contribution in [2.75, 3.05) is 0 Å². The largest absolute Gasteiger partial charge is 0.372 e. The molecule has 1 amide bonds. The molecule has 0 bridgehead atoms. The van der Waals surface area contributed by atoms with Gasteiger partial charge in [0.1, 0.15) is 12.1 Å². The zero-order valence-corrected chi connectivity index (χ0v) is 12.0. The Balaban J connectivity index is 2.18. The molecule has 1 fully saturated rings. The van der Waals surface area contributed by atoms with Crippen molar-refractivity contribution in [1.29, 1.82) is 0 Å². The Morgan fingerprint density at radius 2 is 2.10 bits per heavy atom. The highest BCUT2D eigenvalue weighted by atomic mass is 16.3. The molecule has 2 aromatic rings. The van der Waals surface area contributed by atoms with Crippen molar-refractivity contribution >= 4 is 16.8 Å². The monoisotopic (exact) mass is 287 g/mol. The normalized spacial score (nSPS) is 22.3. The van der Waals surface area contributed by atoms with Crippen molar-refractivity contribution in [1.82, 2.24) is 14.9 Å². The molecule has 2 N–H and O–H groups in total. The predicted octanol–water partition coefficient (Wildman–Crippen LogP) is 0.783. The lowest BCUT2D eigenvalue weighted by Gasteiger charge is -2.30. The lowest BCUT2D eigenvalue weighted by Crippen LogP contribution is -2.48. The zero-order chi connectivity index (χ0) is 15.1. The lowest BCUT2D eigenvalue weighted by atomic mass is 10.0. The fourth-order valence-corrected chi connectivity index (χ4v) is 2.85. The maximum absolute atomic E-state index is 12.7. The number of aryl methyl sites for hydroxylation is 2. The molecule has 6 nitrogen and oxygen atoms in total. The maximum atomic E-state index is 12.7. The number of piperidine rings is 1. The first-order valence-corrected chi connectivity index (χ1v) is 6.94. The van der Waals surface area contributed by atoms with E-state index in [1.54, 1.807) is 13.0 Å². The van der Waals surface area contributed by atoms with Crippen molar-refractivity contribution < 1.29 is 9.90 Å². The average molecular weight is 287 g/mol. The highest BCUT2D eigenvalue weighted by molar-refractivity contribution is 5.79. The molecule has 0 spiro atoms. The first-order valence-electron chi connectivity index (χ1n) is 6.94. The van der Waals surface area contributed by atoms with Gasteiger partial charge in [0.15, 0.2) is 0 Å². The van der Waals surface area contributed by atoms with Gasteiger partial charge in [-0.05, 0) is 32.4 Å². The van der Waals surface area contributed by atoms with Gasteiger partial charge in [0.05, 0.1) is 16.9 Å². The number of amides is 1. The Morgan fingerprint density at radius 1 is 1.33 bits per heavy atom. The SMILES string of the molecule is Cc1ccc2nc(C)n(C3CCC(=O)NC3O)c(=O)c2c1. The Kier molecular flexibility index (Phi) is 3.25. The van der Waals surface area contributed by atoms with Gasteiger partial charge < -0.3 is 10.4 Å². The summed E-state index contributed by atoms with van der Waals surface area (Å²) in [7, 11) is 0. The minimum Gasteiger partial charge on any atom is -0.372 e. The molecule has 0 aliphatic carbocycles. The lowest BCUT2D eigenvalue weighted by molar-refractivity contribution is -0.128. The van der Waals surface area contributed by atoms with E-state index in [1.165, 1.54) is 4.57 Å². The van der Waals surface area contributed by atoms with Crippen molar-refractivity contribution in [2.45, 2.75) is 39.0 Å². The molecule has 2 unspecified atom stereocenters.